The minimum Gasteiger partial charge on any atom is -0.484 e. The molecule has 0 unspecified atom stereocenters. The molecule has 24 heavy (non-hydrogen) atoms. The Balaban J connectivity index is 1.49. The molecule has 1 aliphatic carbocycles. The van der Waals surface area contributed by atoms with Crippen LogP contribution < -0.4 is 15.4 Å². The molecular formula is C17H17ClN2O4. The van der Waals surface area contributed by atoms with Crippen LogP contribution in [0.3, 0.4) is 0 Å². The Labute approximate surface area is 144 Å². The van der Waals surface area contributed by atoms with E-state index in [-0.39, 0.29) is 30.9 Å². The Morgan fingerprint density at radius 2 is 2.12 bits per heavy atom. The fourth-order valence-corrected chi connectivity index (χ4v) is 2.34. The summed E-state index contributed by atoms with van der Waals surface area (Å²) in [7, 11) is 0. The molecule has 1 fully saturated rings. The Kier molecular flexibility index (Phi) is 5.05. The van der Waals surface area contributed by atoms with Crippen LogP contribution >= 0.6 is 11.6 Å². The summed E-state index contributed by atoms with van der Waals surface area (Å²) in [5.41, 5.74) is 0.538. The predicted molar refractivity (Wildman–Crippen MR) is 88.9 cm³/mol. The number of anilines is 1. The first-order valence-electron chi connectivity index (χ1n) is 7.64. The number of amides is 2. The average Bonchev–Trinajstić information content (AvgIpc) is 3.29. The van der Waals surface area contributed by atoms with Crippen molar-refractivity contribution in [1.29, 1.82) is 0 Å². The van der Waals surface area contributed by atoms with Crippen LogP contribution in [0.2, 0.25) is 5.02 Å². The van der Waals surface area contributed by atoms with Crippen molar-refractivity contribution >= 4 is 29.1 Å². The Morgan fingerprint density at radius 1 is 1.29 bits per heavy atom. The van der Waals surface area contributed by atoms with E-state index in [2.05, 4.69) is 10.6 Å². The second-order valence-electron chi connectivity index (χ2n) is 5.55. The minimum absolute atomic E-state index is 0.0519. The van der Waals surface area contributed by atoms with E-state index in [1.165, 1.54) is 0 Å². The van der Waals surface area contributed by atoms with Crippen molar-refractivity contribution in [3.63, 3.8) is 0 Å². The number of carbonyl (C=O) groups excluding carboxylic acids is 2. The second-order valence-corrected chi connectivity index (χ2v) is 5.96. The van der Waals surface area contributed by atoms with Crippen LogP contribution in [0.15, 0.2) is 41.0 Å². The summed E-state index contributed by atoms with van der Waals surface area (Å²) in [6, 6.07) is 8.53. The van der Waals surface area contributed by atoms with Crippen molar-refractivity contribution < 1.29 is 18.7 Å². The highest BCUT2D eigenvalue weighted by Crippen LogP contribution is 2.29. The molecule has 0 spiro atoms. The Hall–Kier alpha value is -2.47. The van der Waals surface area contributed by atoms with E-state index < -0.39 is 0 Å². The van der Waals surface area contributed by atoms with Gasteiger partial charge in [-0.05, 0) is 43.2 Å². The summed E-state index contributed by atoms with van der Waals surface area (Å²) in [5.74, 6) is 0.898. The van der Waals surface area contributed by atoms with Gasteiger partial charge in [0.15, 0.2) is 0 Å². The third-order valence-electron chi connectivity index (χ3n) is 3.54. The van der Waals surface area contributed by atoms with Crippen LogP contribution in [0.4, 0.5) is 5.69 Å². The molecular weight excluding hydrogens is 332 g/mol. The van der Waals surface area contributed by atoms with Crippen LogP contribution in [-0.4, -0.2) is 18.4 Å². The molecule has 6 nitrogen and oxygen atoms in total. The lowest BCUT2D eigenvalue weighted by molar-refractivity contribution is -0.125. The van der Waals surface area contributed by atoms with E-state index in [1.54, 1.807) is 36.6 Å². The highest BCUT2D eigenvalue weighted by Gasteiger charge is 2.29. The fourth-order valence-electron chi connectivity index (χ4n) is 2.10. The minimum atomic E-state index is -0.302. The van der Waals surface area contributed by atoms with Crippen molar-refractivity contribution in [2.24, 2.45) is 5.92 Å². The van der Waals surface area contributed by atoms with Gasteiger partial charge in [-0.3, -0.25) is 9.59 Å². The zero-order chi connectivity index (χ0) is 16.9. The summed E-state index contributed by atoms with van der Waals surface area (Å²) in [4.78, 5) is 23.3. The van der Waals surface area contributed by atoms with Crippen molar-refractivity contribution in [2.75, 3.05) is 11.9 Å². The number of rotatable bonds is 7. The number of benzene rings is 1. The number of halogens is 1. The van der Waals surface area contributed by atoms with Gasteiger partial charge >= 0.3 is 0 Å². The molecule has 0 radical (unpaired) electrons. The molecule has 7 heteroatoms. The van der Waals surface area contributed by atoms with Crippen molar-refractivity contribution in [3.8, 4) is 5.75 Å². The third-order valence-corrected chi connectivity index (χ3v) is 3.83. The second kappa shape index (κ2) is 7.40. The summed E-state index contributed by atoms with van der Waals surface area (Å²) in [6.45, 7) is 0.218. The van der Waals surface area contributed by atoms with Gasteiger partial charge < -0.3 is 19.8 Å². The van der Waals surface area contributed by atoms with Gasteiger partial charge in [0.2, 0.25) is 11.8 Å². The Morgan fingerprint density at radius 3 is 2.79 bits per heavy atom. The number of carbonyl (C=O) groups is 2. The summed E-state index contributed by atoms with van der Waals surface area (Å²) in [6.07, 6.45) is 3.38. The molecule has 3 rings (SSSR count). The van der Waals surface area contributed by atoms with Crippen LogP contribution in [-0.2, 0) is 16.2 Å². The smallest absolute Gasteiger partial charge is 0.243 e. The molecule has 2 aromatic rings. The van der Waals surface area contributed by atoms with Gasteiger partial charge in [-0.1, -0.05) is 11.6 Å². The predicted octanol–water partition coefficient (Wildman–Crippen LogP) is 2.98. The van der Waals surface area contributed by atoms with Crippen LogP contribution in [0.5, 0.6) is 5.75 Å². The SMILES string of the molecule is O=C(CNC(=O)C1CC1)Nc1ccc(OCc2ccco2)c(Cl)c1. The molecule has 0 aliphatic heterocycles. The quantitative estimate of drug-likeness (QED) is 0.806. The number of furan rings is 1. The Bertz CT molecular complexity index is 726. The fraction of sp³-hybridized carbons (Fsp3) is 0.294. The zero-order valence-corrected chi connectivity index (χ0v) is 13.6. The van der Waals surface area contributed by atoms with E-state index >= 15 is 0 Å². The molecule has 1 saturated carbocycles. The summed E-state index contributed by atoms with van der Waals surface area (Å²) >= 11 is 6.15. The summed E-state index contributed by atoms with van der Waals surface area (Å²) < 4.78 is 10.7. The van der Waals surface area contributed by atoms with E-state index in [1.807, 2.05) is 0 Å². The highest BCUT2D eigenvalue weighted by atomic mass is 35.5. The van der Waals surface area contributed by atoms with Crippen LogP contribution in [0.25, 0.3) is 0 Å². The number of ether oxygens (including phenoxy) is 1. The first kappa shape index (κ1) is 16.4. The summed E-state index contributed by atoms with van der Waals surface area (Å²) in [5, 5.41) is 5.67. The largest absolute Gasteiger partial charge is 0.484 e. The maximum absolute atomic E-state index is 11.8. The lowest BCUT2D eigenvalue weighted by Gasteiger charge is -2.10. The first-order valence-corrected chi connectivity index (χ1v) is 8.02. The van der Waals surface area contributed by atoms with Gasteiger partial charge in [0.1, 0.15) is 18.1 Å². The first-order chi connectivity index (χ1) is 11.6. The lowest BCUT2D eigenvalue weighted by atomic mass is 10.3. The molecule has 0 saturated heterocycles. The van der Waals surface area contributed by atoms with Gasteiger partial charge in [-0.25, -0.2) is 0 Å². The lowest BCUT2D eigenvalue weighted by Crippen LogP contribution is -2.33. The maximum Gasteiger partial charge on any atom is 0.243 e. The molecule has 0 bridgehead atoms. The maximum atomic E-state index is 11.8. The molecule has 2 amide bonds. The van der Waals surface area contributed by atoms with Gasteiger partial charge in [-0.2, -0.15) is 0 Å². The topological polar surface area (TPSA) is 80.6 Å². The zero-order valence-electron chi connectivity index (χ0n) is 12.9. The van der Waals surface area contributed by atoms with Crippen LogP contribution in [0.1, 0.15) is 18.6 Å². The molecule has 1 aromatic carbocycles. The van der Waals surface area contributed by atoms with Gasteiger partial charge in [0, 0.05) is 11.6 Å². The van der Waals surface area contributed by atoms with E-state index in [0.29, 0.717) is 22.2 Å². The van der Waals surface area contributed by atoms with Gasteiger partial charge in [0.05, 0.1) is 17.8 Å². The standard InChI is InChI=1S/C17H17ClN2O4/c18-14-8-12(20-16(21)9-19-17(22)11-3-4-11)5-6-15(14)24-10-13-2-1-7-23-13/h1-2,5-8,11H,3-4,9-10H2,(H,19,22)(H,20,21). The van der Waals surface area contributed by atoms with Crippen LogP contribution in [0, 0.1) is 5.92 Å². The molecule has 1 aliphatic rings. The molecule has 2 N–H and O–H groups in total. The van der Waals surface area contributed by atoms with Crippen molar-refractivity contribution in [1.82, 2.24) is 5.32 Å². The van der Waals surface area contributed by atoms with Crippen molar-refractivity contribution in [3.05, 3.63) is 47.4 Å². The number of hydrogen-bond donors (Lipinski definition) is 2. The molecule has 1 aromatic heterocycles. The number of nitrogens with one attached hydrogen (secondary N) is 2. The van der Waals surface area contributed by atoms with E-state index in [9.17, 15) is 9.59 Å². The van der Waals surface area contributed by atoms with E-state index in [0.717, 1.165) is 12.8 Å². The highest BCUT2D eigenvalue weighted by molar-refractivity contribution is 6.32. The molecule has 1 heterocycles. The molecule has 0 atom stereocenters. The number of hydrogen-bond acceptors (Lipinski definition) is 4. The third kappa shape index (κ3) is 4.52. The van der Waals surface area contributed by atoms with Gasteiger partial charge in [-0.15, -0.1) is 0 Å². The average molecular weight is 349 g/mol. The monoisotopic (exact) mass is 348 g/mol. The van der Waals surface area contributed by atoms with E-state index in [4.69, 9.17) is 20.8 Å². The molecule has 126 valence electrons. The normalized spacial score (nSPS) is 13.4. The van der Waals surface area contributed by atoms with Gasteiger partial charge in [0.25, 0.3) is 0 Å². The van der Waals surface area contributed by atoms with Crippen molar-refractivity contribution in [2.45, 2.75) is 19.4 Å².